The average molecular weight is 490 g/mol. The molecule has 1 fully saturated rings. The monoisotopic (exact) mass is 489 g/mol. The first-order valence-corrected chi connectivity index (χ1v) is 13.1. The molecule has 4 heteroatoms. The minimum atomic E-state index is 0.0971. The van der Waals surface area contributed by atoms with Crippen LogP contribution in [0.4, 0.5) is 11.4 Å². The second-order valence-corrected chi connectivity index (χ2v) is 9.89. The molecule has 4 nitrogen and oxygen atoms in total. The molecule has 1 heterocycles. The lowest BCUT2D eigenvalue weighted by Crippen LogP contribution is -2.50. The van der Waals surface area contributed by atoms with Gasteiger partial charge in [0.05, 0.1) is 12.6 Å². The molecule has 0 aromatic heterocycles. The molecule has 188 valence electrons. The number of rotatable bonds is 7. The van der Waals surface area contributed by atoms with E-state index >= 15 is 0 Å². The molecular weight excluding hydrogens is 454 g/mol. The molecule has 5 rings (SSSR count). The van der Waals surface area contributed by atoms with Crippen LogP contribution in [0.1, 0.15) is 28.3 Å². The number of carbonyl (C=O) groups excluding carboxylic acids is 1. The van der Waals surface area contributed by atoms with Gasteiger partial charge in [-0.1, -0.05) is 90.5 Å². The highest BCUT2D eigenvalue weighted by Crippen LogP contribution is 2.32. The van der Waals surface area contributed by atoms with Crippen LogP contribution in [-0.2, 0) is 4.79 Å². The van der Waals surface area contributed by atoms with Gasteiger partial charge in [-0.2, -0.15) is 0 Å². The van der Waals surface area contributed by atoms with E-state index in [-0.39, 0.29) is 11.9 Å². The fraction of sp³-hybridized carbons (Fsp3) is 0.242. The predicted octanol–water partition coefficient (Wildman–Crippen LogP) is 6.38. The SMILES string of the molecule is Cc1ccc(C(c2ccccc2)N2CCN(CC(=O)N(c3ccccc3)c3ccccc3)CC2)c(C)c1. The number of aryl methyl sites for hydroxylation is 2. The summed E-state index contributed by atoms with van der Waals surface area (Å²) in [5.41, 5.74) is 7.09. The molecule has 1 aliphatic rings. The normalized spacial score (nSPS) is 15.3. The second-order valence-electron chi connectivity index (χ2n) is 9.89. The first-order valence-electron chi connectivity index (χ1n) is 13.1. The molecule has 0 radical (unpaired) electrons. The Bertz CT molecular complexity index is 1260. The van der Waals surface area contributed by atoms with Crippen molar-refractivity contribution >= 4 is 17.3 Å². The largest absolute Gasteiger partial charge is 0.292 e. The Morgan fingerprint density at radius 2 is 1.27 bits per heavy atom. The van der Waals surface area contributed by atoms with Crippen molar-refractivity contribution < 1.29 is 4.79 Å². The van der Waals surface area contributed by atoms with E-state index in [1.807, 2.05) is 65.6 Å². The first-order chi connectivity index (χ1) is 18.1. The molecular formula is C33H35N3O. The number of anilines is 2. The zero-order valence-corrected chi connectivity index (χ0v) is 21.8. The molecule has 0 N–H and O–H groups in total. The molecule has 1 unspecified atom stereocenters. The van der Waals surface area contributed by atoms with Crippen molar-refractivity contribution in [2.24, 2.45) is 0 Å². The lowest BCUT2D eigenvalue weighted by atomic mass is 9.92. The van der Waals surface area contributed by atoms with Crippen molar-refractivity contribution in [3.8, 4) is 0 Å². The van der Waals surface area contributed by atoms with Gasteiger partial charge in [-0.25, -0.2) is 0 Å². The van der Waals surface area contributed by atoms with Gasteiger partial charge in [-0.15, -0.1) is 0 Å². The fourth-order valence-electron chi connectivity index (χ4n) is 5.39. The predicted molar refractivity (Wildman–Crippen MR) is 152 cm³/mol. The summed E-state index contributed by atoms with van der Waals surface area (Å²) in [7, 11) is 0. The maximum absolute atomic E-state index is 13.6. The van der Waals surface area contributed by atoms with Gasteiger partial charge >= 0.3 is 0 Å². The van der Waals surface area contributed by atoms with Gasteiger partial charge in [-0.3, -0.25) is 19.5 Å². The van der Waals surface area contributed by atoms with Gasteiger partial charge in [0.15, 0.2) is 0 Å². The van der Waals surface area contributed by atoms with Crippen LogP contribution in [0.15, 0.2) is 109 Å². The van der Waals surface area contributed by atoms with Crippen LogP contribution in [-0.4, -0.2) is 48.4 Å². The van der Waals surface area contributed by atoms with Gasteiger partial charge in [-0.05, 0) is 54.8 Å². The van der Waals surface area contributed by atoms with Crippen molar-refractivity contribution in [3.05, 3.63) is 131 Å². The van der Waals surface area contributed by atoms with Crippen LogP contribution in [0.3, 0.4) is 0 Å². The molecule has 4 aromatic rings. The van der Waals surface area contributed by atoms with Crippen molar-refractivity contribution in [2.75, 3.05) is 37.6 Å². The third kappa shape index (κ3) is 5.82. The maximum atomic E-state index is 13.6. The number of nitrogens with zero attached hydrogens (tertiary/aromatic N) is 3. The number of para-hydroxylation sites is 2. The van der Waals surface area contributed by atoms with Crippen LogP contribution in [0, 0.1) is 13.8 Å². The highest BCUT2D eigenvalue weighted by molar-refractivity contribution is 6.01. The van der Waals surface area contributed by atoms with Gasteiger partial charge in [0, 0.05) is 37.6 Å². The third-order valence-corrected chi connectivity index (χ3v) is 7.24. The highest BCUT2D eigenvalue weighted by Gasteiger charge is 2.29. The molecule has 0 aliphatic carbocycles. The Morgan fingerprint density at radius 3 is 1.81 bits per heavy atom. The number of hydrogen-bond acceptors (Lipinski definition) is 3. The Balaban J connectivity index is 1.32. The summed E-state index contributed by atoms with van der Waals surface area (Å²) >= 11 is 0. The molecule has 0 saturated carbocycles. The summed E-state index contributed by atoms with van der Waals surface area (Å²) in [6, 6.07) is 37.7. The van der Waals surface area contributed by atoms with Crippen molar-refractivity contribution in [3.63, 3.8) is 0 Å². The molecule has 1 amide bonds. The Morgan fingerprint density at radius 1 is 0.730 bits per heavy atom. The van der Waals surface area contributed by atoms with Crippen LogP contribution in [0.25, 0.3) is 0 Å². The quantitative estimate of drug-likeness (QED) is 0.302. The maximum Gasteiger partial charge on any atom is 0.245 e. The van der Waals surface area contributed by atoms with Crippen molar-refractivity contribution in [1.82, 2.24) is 9.80 Å². The van der Waals surface area contributed by atoms with E-state index in [4.69, 9.17) is 0 Å². The van der Waals surface area contributed by atoms with Gasteiger partial charge in [0.1, 0.15) is 0 Å². The van der Waals surface area contributed by atoms with Gasteiger partial charge in [0.2, 0.25) is 5.91 Å². The van der Waals surface area contributed by atoms with E-state index in [2.05, 4.69) is 72.2 Å². The summed E-state index contributed by atoms with van der Waals surface area (Å²) in [6.45, 7) is 8.31. The molecule has 1 saturated heterocycles. The van der Waals surface area contributed by atoms with Crippen LogP contribution in [0.5, 0.6) is 0 Å². The van der Waals surface area contributed by atoms with E-state index in [9.17, 15) is 4.79 Å². The number of carbonyl (C=O) groups is 1. The smallest absolute Gasteiger partial charge is 0.245 e. The van der Waals surface area contributed by atoms with E-state index in [0.717, 1.165) is 37.6 Å². The molecule has 0 spiro atoms. The van der Waals surface area contributed by atoms with E-state index in [0.29, 0.717) is 6.54 Å². The molecule has 37 heavy (non-hydrogen) atoms. The zero-order chi connectivity index (χ0) is 25.6. The number of amides is 1. The van der Waals surface area contributed by atoms with Crippen molar-refractivity contribution in [1.29, 1.82) is 0 Å². The van der Waals surface area contributed by atoms with Crippen LogP contribution < -0.4 is 4.90 Å². The van der Waals surface area contributed by atoms with Crippen molar-refractivity contribution in [2.45, 2.75) is 19.9 Å². The first kappa shape index (κ1) is 24.9. The Kier molecular flexibility index (Phi) is 7.79. The highest BCUT2D eigenvalue weighted by atomic mass is 16.2. The zero-order valence-electron chi connectivity index (χ0n) is 21.8. The number of piperazine rings is 1. The summed E-state index contributed by atoms with van der Waals surface area (Å²) in [5, 5.41) is 0. The van der Waals surface area contributed by atoms with Gasteiger partial charge in [0.25, 0.3) is 0 Å². The standard InChI is InChI=1S/C33H35N3O/c1-26-18-19-31(27(2)24-26)33(28-12-6-3-7-13-28)35-22-20-34(21-23-35)25-32(37)36(29-14-8-4-9-15-29)30-16-10-5-11-17-30/h3-19,24,33H,20-23,25H2,1-2H3. The van der Waals surface area contributed by atoms with Crippen LogP contribution >= 0.6 is 0 Å². The van der Waals surface area contributed by atoms with E-state index in [1.165, 1.54) is 22.3 Å². The van der Waals surface area contributed by atoms with Crippen LogP contribution in [0.2, 0.25) is 0 Å². The van der Waals surface area contributed by atoms with Gasteiger partial charge < -0.3 is 0 Å². The lowest BCUT2D eigenvalue weighted by Gasteiger charge is -2.40. The summed E-state index contributed by atoms with van der Waals surface area (Å²) in [4.78, 5) is 20.3. The molecule has 1 atom stereocenters. The summed E-state index contributed by atoms with van der Waals surface area (Å²) in [5.74, 6) is 0.0971. The second kappa shape index (κ2) is 11.5. The fourth-order valence-corrected chi connectivity index (χ4v) is 5.39. The number of hydrogen-bond donors (Lipinski definition) is 0. The minimum Gasteiger partial charge on any atom is -0.292 e. The molecule has 1 aliphatic heterocycles. The third-order valence-electron chi connectivity index (χ3n) is 7.24. The molecule has 0 bridgehead atoms. The Hall–Kier alpha value is -3.73. The van der Waals surface area contributed by atoms with E-state index in [1.54, 1.807) is 0 Å². The molecule has 4 aromatic carbocycles. The minimum absolute atomic E-state index is 0.0971. The van der Waals surface area contributed by atoms with E-state index < -0.39 is 0 Å². The summed E-state index contributed by atoms with van der Waals surface area (Å²) < 4.78 is 0. The Labute approximate surface area is 220 Å². The topological polar surface area (TPSA) is 26.8 Å². The lowest BCUT2D eigenvalue weighted by molar-refractivity contribution is -0.119. The number of benzene rings is 4. The average Bonchev–Trinajstić information content (AvgIpc) is 2.93. The summed E-state index contributed by atoms with van der Waals surface area (Å²) in [6.07, 6.45) is 0.